The Labute approximate surface area is 133 Å². The van der Waals surface area contributed by atoms with E-state index >= 15 is 0 Å². The van der Waals surface area contributed by atoms with Crippen LogP contribution in [-0.2, 0) is 10.0 Å². The lowest BCUT2D eigenvalue weighted by molar-refractivity contribution is 0.566. The third-order valence-corrected chi connectivity index (χ3v) is 5.69. The maximum Gasteiger partial charge on any atom is 0.241 e. The Hall–Kier alpha value is -1.35. The fourth-order valence-corrected chi connectivity index (χ4v) is 4.00. The molecule has 0 fully saturated rings. The molecule has 0 bridgehead atoms. The van der Waals surface area contributed by atoms with Crippen LogP contribution in [0.3, 0.4) is 0 Å². The number of hydrogen-bond donors (Lipinski definition) is 2. The first-order valence-electron chi connectivity index (χ1n) is 6.14. The van der Waals surface area contributed by atoms with Gasteiger partial charge < -0.3 is 5.73 Å². The van der Waals surface area contributed by atoms with Gasteiger partial charge in [-0.05, 0) is 26.0 Å². The molecule has 21 heavy (non-hydrogen) atoms. The van der Waals surface area contributed by atoms with Crippen LogP contribution in [0.1, 0.15) is 29.2 Å². The maximum atomic E-state index is 12.4. The van der Waals surface area contributed by atoms with Gasteiger partial charge in [0.15, 0.2) is 0 Å². The number of aryl methyl sites for hydroxylation is 1. The Kier molecular flexibility index (Phi) is 4.72. The number of nitrogens with two attached hydrogens (primary N) is 1. The average Bonchev–Trinajstić information content (AvgIpc) is 2.85. The number of nitrogens with zero attached hydrogens (tertiary/aromatic N) is 1. The van der Waals surface area contributed by atoms with Crippen molar-refractivity contribution in [1.29, 1.82) is 0 Å². The summed E-state index contributed by atoms with van der Waals surface area (Å²) in [5.41, 5.74) is 6.92. The topological polar surface area (TPSA) is 85.1 Å². The van der Waals surface area contributed by atoms with E-state index in [-0.39, 0.29) is 9.88 Å². The molecule has 1 atom stereocenters. The van der Waals surface area contributed by atoms with Crippen molar-refractivity contribution in [2.24, 2.45) is 5.73 Å². The highest BCUT2D eigenvalue weighted by atomic mass is 32.2. The minimum Gasteiger partial charge on any atom is -0.389 e. The number of hydrogen-bond acceptors (Lipinski definition) is 5. The highest BCUT2D eigenvalue weighted by Crippen LogP contribution is 2.20. The molecule has 1 unspecified atom stereocenters. The van der Waals surface area contributed by atoms with Gasteiger partial charge in [0.05, 0.1) is 10.9 Å². The largest absolute Gasteiger partial charge is 0.389 e. The SMILES string of the molecule is Cc1csc(C(C)NS(=O)(=O)c2cccc(C(N)=S)c2)n1. The lowest BCUT2D eigenvalue weighted by atomic mass is 10.2. The maximum absolute atomic E-state index is 12.4. The Balaban J connectivity index is 2.26. The summed E-state index contributed by atoms with van der Waals surface area (Å²) in [6, 6.07) is 5.85. The van der Waals surface area contributed by atoms with Gasteiger partial charge in [0.2, 0.25) is 10.0 Å². The van der Waals surface area contributed by atoms with Crippen molar-refractivity contribution in [3.8, 4) is 0 Å². The summed E-state index contributed by atoms with van der Waals surface area (Å²) in [5, 5.41) is 2.61. The summed E-state index contributed by atoms with van der Waals surface area (Å²) in [4.78, 5) is 4.58. The summed E-state index contributed by atoms with van der Waals surface area (Å²) in [7, 11) is -3.65. The van der Waals surface area contributed by atoms with Gasteiger partial charge in [0.25, 0.3) is 0 Å². The average molecular weight is 341 g/mol. The summed E-state index contributed by atoms with van der Waals surface area (Å²) in [6.07, 6.45) is 0. The van der Waals surface area contributed by atoms with Crippen LogP contribution in [0.5, 0.6) is 0 Å². The lowest BCUT2D eigenvalue weighted by Gasteiger charge is -2.12. The number of sulfonamides is 1. The Morgan fingerprint density at radius 1 is 1.48 bits per heavy atom. The molecule has 1 aromatic heterocycles. The molecule has 1 heterocycles. The molecule has 0 aliphatic carbocycles. The van der Waals surface area contributed by atoms with Crippen LogP contribution in [0.2, 0.25) is 0 Å². The first kappa shape index (κ1) is 16.0. The molecule has 0 saturated heterocycles. The van der Waals surface area contributed by atoms with E-state index in [2.05, 4.69) is 9.71 Å². The van der Waals surface area contributed by atoms with Gasteiger partial charge in [-0.15, -0.1) is 11.3 Å². The standard InChI is InChI=1S/C13H15N3O2S3/c1-8-7-20-13(15-8)9(2)16-21(17,18)11-5-3-4-10(6-11)12(14)19/h3-7,9,16H,1-2H3,(H2,14,19). The van der Waals surface area contributed by atoms with E-state index in [4.69, 9.17) is 18.0 Å². The summed E-state index contributed by atoms with van der Waals surface area (Å²) < 4.78 is 27.4. The Bertz CT molecular complexity index is 768. The molecule has 0 saturated carbocycles. The minimum atomic E-state index is -3.65. The molecular formula is C13H15N3O2S3. The van der Waals surface area contributed by atoms with Crippen molar-refractivity contribution in [3.63, 3.8) is 0 Å². The molecule has 0 aliphatic rings. The molecule has 2 aromatic rings. The second-order valence-electron chi connectivity index (χ2n) is 4.56. The summed E-state index contributed by atoms with van der Waals surface area (Å²) in [5.74, 6) is 0. The van der Waals surface area contributed by atoms with Crippen molar-refractivity contribution in [2.45, 2.75) is 24.8 Å². The van der Waals surface area contributed by atoms with Gasteiger partial charge >= 0.3 is 0 Å². The highest BCUT2D eigenvalue weighted by molar-refractivity contribution is 7.89. The fraction of sp³-hybridized carbons (Fsp3) is 0.231. The second-order valence-corrected chi connectivity index (χ2v) is 7.61. The highest BCUT2D eigenvalue weighted by Gasteiger charge is 2.20. The quantitative estimate of drug-likeness (QED) is 0.814. The number of aromatic nitrogens is 1. The first-order chi connectivity index (χ1) is 9.79. The van der Waals surface area contributed by atoms with Gasteiger partial charge in [0.1, 0.15) is 10.00 Å². The molecule has 0 radical (unpaired) electrons. The number of thiocarbonyl (C=S) groups is 1. The van der Waals surface area contributed by atoms with Crippen LogP contribution in [0.15, 0.2) is 34.5 Å². The molecule has 0 amide bonds. The zero-order chi connectivity index (χ0) is 15.6. The molecule has 1 aromatic carbocycles. The van der Waals surface area contributed by atoms with E-state index in [1.54, 1.807) is 19.1 Å². The normalized spacial score (nSPS) is 13.0. The Morgan fingerprint density at radius 3 is 2.76 bits per heavy atom. The minimum absolute atomic E-state index is 0.132. The van der Waals surface area contributed by atoms with E-state index in [0.717, 1.165) is 10.7 Å². The van der Waals surface area contributed by atoms with Crippen molar-refractivity contribution < 1.29 is 8.42 Å². The molecule has 2 rings (SSSR count). The van der Waals surface area contributed by atoms with Crippen LogP contribution >= 0.6 is 23.6 Å². The monoisotopic (exact) mass is 341 g/mol. The number of benzene rings is 1. The third kappa shape index (κ3) is 3.85. The summed E-state index contributed by atoms with van der Waals surface area (Å²) >= 11 is 6.29. The second kappa shape index (κ2) is 6.18. The van der Waals surface area contributed by atoms with Crippen molar-refractivity contribution in [2.75, 3.05) is 0 Å². The van der Waals surface area contributed by atoms with Crippen molar-refractivity contribution in [3.05, 3.63) is 45.9 Å². The van der Waals surface area contributed by atoms with Gasteiger partial charge in [-0.3, -0.25) is 0 Å². The zero-order valence-corrected chi connectivity index (χ0v) is 14.0. The van der Waals surface area contributed by atoms with Gasteiger partial charge in [-0.2, -0.15) is 0 Å². The smallest absolute Gasteiger partial charge is 0.241 e. The van der Waals surface area contributed by atoms with Crippen molar-refractivity contribution >= 4 is 38.6 Å². The van der Waals surface area contributed by atoms with Gasteiger partial charge in [-0.1, -0.05) is 24.4 Å². The van der Waals surface area contributed by atoms with Crippen LogP contribution in [0.4, 0.5) is 0 Å². The van der Waals surface area contributed by atoms with E-state index in [9.17, 15) is 8.42 Å². The van der Waals surface area contributed by atoms with E-state index in [0.29, 0.717) is 5.56 Å². The van der Waals surface area contributed by atoms with E-state index in [1.165, 1.54) is 23.5 Å². The van der Waals surface area contributed by atoms with Gasteiger partial charge in [0, 0.05) is 16.6 Å². The number of nitrogens with one attached hydrogen (secondary N) is 1. The van der Waals surface area contributed by atoms with Crippen LogP contribution in [0, 0.1) is 6.92 Å². The lowest BCUT2D eigenvalue weighted by Crippen LogP contribution is -2.27. The van der Waals surface area contributed by atoms with Crippen LogP contribution in [-0.4, -0.2) is 18.4 Å². The zero-order valence-electron chi connectivity index (χ0n) is 11.5. The predicted molar refractivity (Wildman–Crippen MR) is 87.9 cm³/mol. The van der Waals surface area contributed by atoms with E-state index in [1.807, 2.05) is 12.3 Å². The molecule has 112 valence electrons. The molecule has 0 aliphatic heterocycles. The molecule has 0 spiro atoms. The first-order valence-corrected chi connectivity index (χ1v) is 8.91. The molecule has 3 N–H and O–H groups in total. The van der Waals surface area contributed by atoms with Gasteiger partial charge in [-0.25, -0.2) is 18.1 Å². The van der Waals surface area contributed by atoms with E-state index < -0.39 is 16.1 Å². The third-order valence-electron chi connectivity index (χ3n) is 2.77. The van der Waals surface area contributed by atoms with Crippen LogP contribution < -0.4 is 10.5 Å². The fourth-order valence-electron chi connectivity index (χ4n) is 1.74. The van der Waals surface area contributed by atoms with Crippen LogP contribution in [0.25, 0.3) is 0 Å². The number of rotatable bonds is 5. The van der Waals surface area contributed by atoms with Crippen molar-refractivity contribution in [1.82, 2.24) is 9.71 Å². The molecule has 8 heteroatoms. The predicted octanol–water partition coefficient (Wildman–Crippen LogP) is 2.13. The molecular weight excluding hydrogens is 326 g/mol. The number of thiazole rings is 1. The molecule has 5 nitrogen and oxygen atoms in total. The Morgan fingerprint density at radius 2 is 2.19 bits per heavy atom. The summed E-state index contributed by atoms with van der Waals surface area (Å²) in [6.45, 7) is 3.63.